The second kappa shape index (κ2) is 13.8. The Morgan fingerprint density at radius 3 is 1.32 bits per heavy atom. The van der Waals surface area contributed by atoms with E-state index in [4.69, 9.17) is 9.98 Å². The van der Waals surface area contributed by atoms with Crippen LogP contribution < -0.4 is 0 Å². The molecule has 4 aromatic rings. The number of nitrogens with zero attached hydrogens (tertiary/aromatic N) is 2. The van der Waals surface area contributed by atoms with Crippen LogP contribution >= 0.6 is 0 Å². The molecule has 0 saturated carbocycles. The Labute approximate surface area is 264 Å². The number of aryl methyl sites for hydroxylation is 2. The van der Waals surface area contributed by atoms with Crippen molar-refractivity contribution in [1.82, 2.24) is 0 Å². The smallest absolute Gasteiger partial charge is 0.128 e. The number of phenols is 2. The first-order valence-electron chi connectivity index (χ1n) is 16.2. The predicted molar refractivity (Wildman–Crippen MR) is 189 cm³/mol. The van der Waals surface area contributed by atoms with Gasteiger partial charge in [0, 0.05) is 34.7 Å². The van der Waals surface area contributed by atoms with Gasteiger partial charge in [0.05, 0.1) is 11.4 Å². The van der Waals surface area contributed by atoms with Crippen molar-refractivity contribution in [2.75, 3.05) is 0 Å². The summed E-state index contributed by atoms with van der Waals surface area (Å²) in [5, 5.41) is 24.7. The maximum Gasteiger partial charge on any atom is 0.128 e. The van der Waals surface area contributed by atoms with Crippen LogP contribution in [-0.4, -0.2) is 22.6 Å². The molecule has 0 atom stereocenters. The van der Waals surface area contributed by atoms with E-state index in [0.717, 1.165) is 60.4 Å². The van der Waals surface area contributed by atoms with Crippen LogP contribution in [0.4, 0.5) is 11.4 Å². The highest BCUT2D eigenvalue weighted by molar-refractivity contribution is 5.96. The lowest BCUT2D eigenvalue weighted by Crippen LogP contribution is -2.13. The van der Waals surface area contributed by atoms with E-state index in [1.807, 2.05) is 24.3 Å². The summed E-state index contributed by atoms with van der Waals surface area (Å²) in [6.45, 7) is 17.1. The molecule has 0 bridgehead atoms. The third-order valence-corrected chi connectivity index (χ3v) is 8.18. The van der Waals surface area contributed by atoms with Crippen LogP contribution in [0.2, 0.25) is 0 Å². The van der Waals surface area contributed by atoms with Gasteiger partial charge in [0.2, 0.25) is 0 Å². The van der Waals surface area contributed by atoms with Gasteiger partial charge in [-0.15, -0.1) is 0 Å². The van der Waals surface area contributed by atoms with Crippen LogP contribution in [-0.2, 0) is 23.7 Å². The molecule has 0 unspecified atom stereocenters. The summed E-state index contributed by atoms with van der Waals surface area (Å²) < 4.78 is 0. The van der Waals surface area contributed by atoms with Gasteiger partial charge in [0.1, 0.15) is 11.5 Å². The van der Waals surface area contributed by atoms with Crippen molar-refractivity contribution in [2.45, 2.75) is 105 Å². The molecule has 0 amide bonds. The normalized spacial score (nSPS) is 12.6. The zero-order chi connectivity index (χ0) is 32.1. The van der Waals surface area contributed by atoms with E-state index in [-0.39, 0.29) is 22.3 Å². The van der Waals surface area contributed by atoms with Gasteiger partial charge >= 0.3 is 0 Å². The van der Waals surface area contributed by atoms with Crippen molar-refractivity contribution in [3.63, 3.8) is 0 Å². The highest BCUT2D eigenvalue weighted by atomic mass is 16.3. The Bertz CT molecular complexity index is 1540. The van der Waals surface area contributed by atoms with E-state index in [1.165, 1.54) is 11.1 Å². The minimum Gasteiger partial charge on any atom is -0.507 e. The van der Waals surface area contributed by atoms with E-state index in [9.17, 15) is 10.2 Å². The number of rotatable bonds is 10. The molecule has 0 fully saturated rings. The fourth-order valence-corrected chi connectivity index (χ4v) is 5.53. The SMILES string of the molecule is CCCCc1cc(C=Nc2cc3ccccc3cc2N=Cc2cc(CCCC)cc(C(C)(C)C)c2O)c(O)c(C(C)(C)C)c1. The zero-order valence-corrected chi connectivity index (χ0v) is 28.0. The summed E-state index contributed by atoms with van der Waals surface area (Å²) in [6.07, 6.45) is 9.88. The molecule has 0 saturated heterocycles. The van der Waals surface area contributed by atoms with Crippen LogP contribution in [0.5, 0.6) is 11.5 Å². The lowest BCUT2D eigenvalue weighted by Gasteiger charge is -2.23. The molecule has 0 aliphatic carbocycles. The van der Waals surface area contributed by atoms with E-state index in [0.29, 0.717) is 22.5 Å². The van der Waals surface area contributed by atoms with E-state index < -0.39 is 0 Å². The Morgan fingerprint density at radius 1 is 0.591 bits per heavy atom. The topological polar surface area (TPSA) is 65.2 Å². The van der Waals surface area contributed by atoms with Crippen LogP contribution in [0.15, 0.2) is 70.6 Å². The summed E-state index contributed by atoms with van der Waals surface area (Å²) in [5.41, 5.74) is 6.70. The Balaban J connectivity index is 1.83. The monoisotopic (exact) mass is 590 g/mol. The maximum absolute atomic E-state index is 11.3. The average Bonchev–Trinajstić information content (AvgIpc) is 2.97. The summed E-state index contributed by atoms with van der Waals surface area (Å²) in [6, 6.07) is 20.7. The molecule has 0 aliphatic rings. The molecule has 4 heteroatoms. The van der Waals surface area contributed by atoms with Gasteiger partial charge in [-0.2, -0.15) is 0 Å². The highest BCUT2D eigenvalue weighted by Gasteiger charge is 2.22. The lowest BCUT2D eigenvalue weighted by atomic mass is 9.83. The molecule has 0 spiro atoms. The molecule has 232 valence electrons. The molecule has 4 rings (SSSR count). The fraction of sp³-hybridized carbons (Fsp3) is 0.400. The quantitative estimate of drug-likeness (QED) is 0.180. The molecule has 4 nitrogen and oxygen atoms in total. The van der Waals surface area contributed by atoms with Crippen molar-refractivity contribution < 1.29 is 10.2 Å². The number of fused-ring (bicyclic) bond motifs is 1. The predicted octanol–water partition coefficient (Wildman–Crippen LogP) is 11.0. The first-order chi connectivity index (χ1) is 20.8. The molecule has 0 radical (unpaired) electrons. The van der Waals surface area contributed by atoms with Crippen LogP contribution in [0.1, 0.15) is 114 Å². The third kappa shape index (κ3) is 7.96. The number of benzene rings is 4. The molecule has 0 aromatic heterocycles. The van der Waals surface area contributed by atoms with Crippen LogP contribution in [0.25, 0.3) is 10.8 Å². The minimum absolute atomic E-state index is 0.202. The Hall–Kier alpha value is -3.92. The largest absolute Gasteiger partial charge is 0.507 e. The van der Waals surface area contributed by atoms with Gasteiger partial charge in [-0.25, -0.2) is 0 Å². The maximum atomic E-state index is 11.3. The summed E-state index contributed by atoms with van der Waals surface area (Å²) in [7, 11) is 0. The number of hydrogen-bond donors (Lipinski definition) is 2. The van der Waals surface area contributed by atoms with Gasteiger partial charge in [-0.3, -0.25) is 9.98 Å². The number of hydrogen-bond acceptors (Lipinski definition) is 4. The van der Waals surface area contributed by atoms with Crippen molar-refractivity contribution in [3.05, 3.63) is 94.0 Å². The standard InChI is InChI=1S/C40H50N2O2/c1-9-11-15-27-19-31(37(43)33(21-27)39(3,4)5)25-41-35-23-29-17-13-14-18-30(29)24-36(35)42-26-32-20-28(16-12-10-2)22-34(38(32)44)40(6,7)8/h13-14,17-26,43-44H,9-12,15-16H2,1-8H3. The molecule has 0 heterocycles. The molecular formula is C40H50N2O2. The van der Waals surface area contributed by atoms with Crippen molar-refractivity contribution in [3.8, 4) is 11.5 Å². The van der Waals surface area contributed by atoms with Gasteiger partial charge in [-0.05, 0) is 82.7 Å². The third-order valence-electron chi connectivity index (χ3n) is 8.18. The average molecular weight is 591 g/mol. The van der Waals surface area contributed by atoms with Gasteiger partial charge < -0.3 is 10.2 Å². The molecule has 2 N–H and O–H groups in total. The molecule has 4 aromatic carbocycles. The first-order valence-corrected chi connectivity index (χ1v) is 16.2. The number of aliphatic imine (C=N–C) groups is 2. The summed E-state index contributed by atoms with van der Waals surface area (Å²) >= 11 is 0. The van der Waals surface area contributed by atoms with Crippen molar-refractivity contribution in [1.29, 1.82) is 0 Å². The Kier molecular flexibility index (Phi) is 10.3. The van der Waals surface area contributed by atoms with E-state index in [2.05, 4.69) is 91.8 Å². The fourth-order valence-electron chi connectivity index (χ4n) is 5.53. The van der Waals surface area contributed by atoms with Crippen molar-refractivity contribution >= 4 is 34.6 Å². The van der Waals surface area contributed by atoms with Gasteiger partial charge in [0.15, 0.2) is 0 Å². The van der Waals surface area contributed by atoms with E-state index in [1.54, 1.807) is 12.4 Å². The number of aromatic hydroxyl groups is 2. The highest BCUT2D eigenvalue weighted by Crippen LogP contribution is 2.38. The second-order valence-corrected chi connectivity index (χ2v) is 14.1. The first kappa shape index (κ1) is 33.0. The Morgan fingerprint density at radius 2 is 0.977 bits per heavy atom. The van der Waals surface area contributed by atoms with Gasteiger partial charge in [0.25, 0.3) is 0 Å². The second-order valence-electron chi connectivity index (χ2n) is 14.1. The van der Waals surface area contributed by atoms with E-state index >= 15 is 0 Å². The van der Waals surface area contributed by atoms with Gasteiger partial charge in [-0.1, -0.05) is 105 Å². The lowest BCUT2D eigenvalue weighted by molar-refractivity contribution is 0.444. The molecular weight excluding hydrogens is 540 g/mol. The minimum atomic E-state index is -0.202. The van der Waals surface area contributed by atoms with Crippen LogP contribution in [0.3, 0.4) is 0 Å². The summed E-state index contributed by atoms with van der Waals surface area (Å²) in [4.78, 5) is 9.84. The van der Waals surface area contributed by atoms with Crippen molar-refractivity contribution in [2.24, 2.45) is 9.98 Å². The number of unbranched alkanes of at least 4 members (excludes halogenated alkanes) is 2. The number of phenolic OH excluding ortho intramolecular Hbond substituents is 2. The zero-order valence-electron chi connectivity index (χ0n) is 28.0. The molecule has 0 aliphatic heterocycles. The summed E-state index contributed by atoms with van der Waals surface area (Å²) in [5.74, 6) is 0.548. The molecule has 44 heavy (non-hydrogen) atoms. The van der Waals surface area contributed by atoms with Crippen LogP contribution in [0, 0.1) is 0 Å².